The lowest BCUT2D eigenvalue weighted by atomic mass is 9.95. The molecule has 0 spiro atoms. The monoisotopic (exact) mass is 336 g/mol. The molecule has 4 nitrogen and oxygen atoms in total. The second-order valence-corrected chi connectivity index (χ2v) is 5.78. The average Bonchev–Trinajstić information content (AvgIpc) is 2.92. The van der Waals surface area contributed by atoms with E-state index in [9.17, 15) is 9.90 Å². The van der Waals surface area contributed by atoms with Crippen molar-refractivity contribution in [2.24, 2.45) is 0 Å². The molecule has 3 aromatic rings. The van der Waals surface area contributed by atoms with E-state index in [1.807, 2.05) is 26.0 Å². The van der Waals surface area contributed by atoms with Gasteiger partial charge in [0.05, 0.1) is 10.4 Å². The van der Waals surface area contributed by atoms with Crippen molar-refractivity contribution < 1.29 is 18.7 Å². The number of fused-ring (bicyclic) bond motifs is 2. The Morgan fingerprint density at radius 1 is 1.15 bits per heavy atom. The second kappa shape index (κ2) is 4.38. The van der Waals surface area contributed by atoms with Gasteiger partial charge in [0.1, 0.15) is 22.7 Å². The molecule has 3 rings (SSSR count). The summed E-state index contributed by atoms with van der Waals surface area (Å²) in [5.41, 5.74) is 1.94. The zero-order valence-corrected chi connectivity index (χ0v) is 12.9. The van der Waals surface area contributed by atoms with Crippen LogP contribution in [-0.2, 0) is 4.79 Å². The fraction of sp³-hybridized carbons (Fsp3) is 0.267. The minimum absolute atomic E-state index is 0.609. The molecule has 0 saturated carbocycles. The first kappa shape index (κ1) is 13.2. The molecule has 1 aromatic carbocycles. The Hall–Kier alpha value is -1.75. The summed E-state index contributed by atoms with van der Waals surface area (Å²) in [5, 5.41) is 11.0. The van der Waals surface area contributed by atoms with Gasteiger partial charge in [-0.15, -0.1) is 0 Å². The Labute approximate surface area is 123 Å². The molecule has 0 radical (unpaired) electrons. The van der Waals surface area contributed by atoms with Crippen molar-refractivity contribution in [3.8, 4) is 0 Å². The van der Waals surface area contributed by atoms with Crippen LogP contribution in [0, 0.1) is 13.8 Å². The Kier molecular flexibility index (Phi) is 2.90. The van der Waals surface area contributed by atoms with Crippen LogP contribution >= 0.6 is 15.9 Å². The van der Waals surface area contributed by atoms with Gasteiger partial charge in [0.2, 0.25) is 0 Å². The van der Waals surface area contributed by atoms with Crippen LogP contribution in [0.5, 0.6) is 0 Å². The highest BCUT2D eigenvalue weighted by Crippen LogP contribution is 2.42. The first-order chi connectivity index (χ1) is 9.40. The topological polar surface area (TPSA) is 63.6 Å². The fourth-order valence-corrected chi connectivity index (χ4v) is 3.14. The normalized spacial score (nSPS) is 13.2. The van der Waals surface area contributed by atoms with E-state index >= 15 is 0 Å². The predicted molar refractivity (Wildman–Crippen MR) is 79.2 cm³/mol. The Balaban J connectivity index is 2.54. The van der Waals surface area contributed by atoms with Gasteiger partial charge in [0.15, 0.2) is 0 Å². The number of hydrogen-bond acceptors (Lipinski definition) is 3. The molecule has 1 atom stereocenters. The van der Waals surface area contributed by atoms with E-state index in [4.69, 9.17) is 8.83 Å². The maximum absolute atomic E-state index is 11.4. The first-order valence-electron chi connectivity index (χ1n) is 6.24. The van der Waals surface area contributed by atoms with Crippen LogP contribution in [0.1, 0.15) is 29.9 Å². The van der Waals surface area contributed by atoms with Crippen molar-refractivity contribution in [1.29, 1.82) is 0 Å². The van der Waals surface area contributed by atoms with E-state index in [1.54, 1.807) is 6.92 Å². The summed E-state index contributed by atoms with van der Waals surface area (Å²) in [6.07, 6.45) is 0. The smallest absolute Gasteiger partial charge is 0.310 e. The highest BCUT2D eigenvalue weighted by atomic mass is 79.9. The number of carboxylic acids is 1. The van der Waals surface area contributed by atoms with Gasteiger partial charge >= 0.3 is 5.97 Å². The standard InChI is InChI=1S/C15H13BrO4/c1-6-4-9-11(8(3)15(17)18)13-10(5-7(2)19-13)12(16)14(9)20-6/h4-5,8H,1-3H3,(H,17,18). The number of aryl methyl sites for hydroxylation is 2. The average molecular weight is 337 g/mol. The van der Waals surface area contributed by atoms with E-state index < -0.39 is 11.9 Å². The molecule has 2 heterocycles. The number of halogens is 1. The molecule has 0 aliphatic carbocycles. The number of carbonyl (C=O) groups is 1. The maximum Gasteiger partial charge on any atom is 0.310 e. The van der Waals surface area contributed by atoms with Crippen LogP contribution in [0.4, 0.5) is 0 Å². The van der Waals surface area contributed by atoms with Gasteiger partial charge in [-0.1, -0.05) is 0 Å². The van der Waals surface area contributed by atoms with Crippen LogP contribution in [-0.4, -0.2) is 11.1 Å². The lowest BCUT2D eigenvalue weighted by Gasteiger charge is -2.10. The van der Waals surface area contributed by atoms with E-state index in [1.165, 1.54) is 0 Å². The van der Waals surface area contributed by atoms with Crippen LogP contribution < -0.4 is 0 Å². The van der Waals surface area contributed by atoms with E-state index in [2.05, 4.69) is 15.9 Å². The Morgan fingerprint density at radius 3 is 2.30 bits per heavy atom. The van der Waals surface area contributed by atoms with Crippen molar-refractivity contribution in [2.45, 2.75) is 26.7 Å². The zero-order chi connectivity index (χ0) is 14.6. The molecule has 0 aliphatic rings. The fourth-order valence-electron chi connectivity index (χ4n) is 2.55. The van der Waals surface area contributed by atoms with Gasteiger partial charge in [-0.25, -0.2) is 0 Å². The maximum atomic E-state index is 11.4. The Morgan fingerprint density at radius 2 is 1.70 bits per heavy atom. The molecule has 0 fully saturated rings. The minimum atomic E-state index is -0.886. The molecule has 104 valence electrons. The van der Waals surface area contributed by atoms with E-state index in [-0.39, 0.29) is 0 Å². The third-order valence-corrected chi connectivity index (χ3v) is 4.27. The minimum Gasteiger partial charge on any atom is -0.481 e. The molecule has 5 heteroatoms. The van der Waals surface area contributed by atoms with E-state index in [0.717, 1.165) is 26.8 Å². The van der Waals surface area contributed by atoms with E-state index in [0.29, 0.717) is 16.7 Å². The molecular weight excluding hydrogens is 324 g/mol. The molecule has 2 aromatic heterocycles. The summed E-state index contributed by atoms with van der Waals surface area (Å²) in [6, 6.07) is 3.74. The largest absolute Gasteiger partial charge is 0.481 e. The third-order valence-electron chi connectivity index (χ3n) is 3.48. The lowest BCUT2D eigenvalue weighted by molar-refractivity contribution is -0.138. The van der Waals surface area contributed by atoms with Crippen LogP contribution in [0.25, 0.3) is 21.9 Å². The Bertz CT molecular complexity index is 783. The molecule has 1 N–H and O–H groups in total. The molecular formula is C15H13BrO4. The number of furan rings is 2. The summed E-state index contributed by atoms with van der Waals surface area (Å²) in [5.74, 6) is -0.0775. The van der Waals surface area contributed by atoms with Crippen molar-refractivity contribution in [3.05, 3.63) is 33.7 Å². The summed E-state index contributed by atoms with van der Waals surface area (Å²) in [6.45, 7) is 5.34. The third kappa shape index (κ3) is 1.77. The number of aliphatic carboxylic acids is 1. The molecule has 0 saturated heterocycles. The van der Waals surface area contributed by atoms with Crippen molar-refractivity contribution >= 4 is 43.8 Å². The van der Waals surface area contributed by atoms with Gasteiger partial charge in [0.25, 0.3) is 0 Å². The summed E-state index contributed by atoms with van der Waals surface area (Å²) in [4.78, 5) is 11.4. The molecule has 0 amide bonds. The van der Waals surface area contributed by atoms with Gasteiger partial charge in [-0.3, -0.25) is 4.79 Å². The number of carboxylic acid groups (broad SMARTS) is 1. The molecule has 0 aliphatic heterocycles. The van der Waals surface area contributed by atoms with Gasteiger partial charge in [-0.2, -0.15) is 0 Å². The van der Waals surface area contributed by atoms with Crippen LogP contribution in [0.15, 0.2) is 25.4 Å². The predicted octanol–water partition coefficient (Wildman–Crippen LogP) is 4.75. The summed E-state index contributed by atoms with van der Waals surface area (Å²) in [7, 11) is 0. The van der Waals surface area contributed by atoms with Gasteiger partial charge in [0, 0.05) is 16.3 Å². The summed E-state index contributed by atoms with van der Waals surface area (Å²) >= 11 is 3.53. The van der Waals surface area contributed by atoms with Crippen molar-refractivity contribution in [1.82, 2.24) is 0 Å². The second-order valence-electron chi connectivity index (χ2n) is 4.99. The quantitative estimate of drug-likeness (QED) is 0.733. The van der Waals surface area contributed by atoms with Gasteiger partial charge in [-0.05, 0) is 48.8 Å². The highest BCUT2D eigenvalue weighted by Gasteiger charge is 2.26. The van der Waals surface area contributed by atoms with Gasteiger partial charge < -0.3 is 13.9 Å². The molecule has 1 unspecified atom stereocenters. The van der Waals surface area contributed by atoms with Crippen molar-refractivity contribution in [3.63, 3.8) is 0 Å². The summed E-state index contributed by atoms with van der Waals surface area (Å²) < 4.78 is 12.2. The number of rotatable bonds is 2. The van der Waals surface area contributed by atoms with Crippen molar-refractivity contribution in [2.75, 3.05) is 0 Å². The molecule has 0 bridgehead atoms. The number of benzene rings is 1. The number of hydrogen-bond donors (Lipinski definition) is 1. The molecule has 20 heavy (non-hydrogen) atoms. The lowest BCUT2D eigenvalue weighted by Crippen LogP contribution is -2.08. The zero-order valence-electron chi connectivity index (χ0n) is 11.3. The van der Waals surface area contributed by atoms with Crippen LogP contribution in [0.3, 0.4) is 0 Å². The highest BCUT2D eigenvalue weighted by molar-refractivity contribution is 9.10. The SMILES string of the molecule is Cc1cc2c(C(C)C(=O)O)c3oc(C)cc3c(Br)c2o1. The van der Waals surface area contributed by atoms with Crippen LogP contribution in [0.2, 0.25) is 0 Å². The first-order valence-corrected chi connectivity index (χ1v) is 7.04.